The van der Waals surface area contributed by atoms with E-state index in [1.54, 1.807) is 0 Å². The summed E-state index contributed by atoms with van der Waals surface area (Å²) >= 11 is 0. The van der Waals surface area contributed by atoms with Crippen LogP contribution in [0.15, 0.2) is 22.8 Å². The van der Waals surface area contributed by atoms with Gasteiger partial charge >= 0.3 is 6.09 Å². The maximum Gasteiger partial charge on any atom is 0.411 e. The predicted octanol–water partition coefficient (Wildman–Crippen LogP) is 4.44. The van der Waals surface area contributed by atoms with E-state index < -0.39 is 5.60 Å². The molecule has 3 heteroatoms. The van der Waals surface area contributed by atoms with E-state index in [9.17, 15) is 4.79 Å². The molecule has 0 aromatic rings. The number of nitrogens with zero attached hydrogens (tertiary/aromatic N) is 1. The lowest BCUT2D eigenvalue weighted by molar-refractivity contribution is 0.0168. The highest BCUT2D eigenvalue weighted by Gasteiger charge is 2.41. The molecule has 0 radical (unpaired) electrons. The fourth-order valence-corrected chi connectivity index (χ4v) is 3.03. The molecule has 2 rings (SSSR count). The van der Waals surface area contributed by atoms with Crippen LogP contribution in [0.2, 0.25) is 0 Å². The van der Waals surface area contributed by atoms with Gasteiger partial charge in [0.15, 0.2) is 0 Å². The Labute approximate surface area is 122 Å². The van der Waals surface area contributed by atoms with Crippen molar-refractivity contribution in [3.63, 3.8) is 0 Å². The number of amides is 1. The summed E-state index contributed by atoms with van der Waals surface area (Å²) in [4.78, 5) is 14.3. The van der Waals surface area contributed by atoms with Crippen molar-refractivity contribution in [2.24, 2.45) is 0 Å². The van der Waals surface area contributed by atoms with E-state index in [1.807, 2.05) is 25.7 Å². The van der Waals surface area contributed by atoms with Gasteiger partial charge in [-0.2, -0.15) is 0 Å². The predicted molar refractivity (Wildman–Crippen MR) is 81.6 cm³/mol. The van der Waals surface area contributed by atoms with Crippen molar-refractivity contribution < 1.29 is 9.53 Å². The quantitative estimate of drug-likeness (QED) is 0.709. The first-order valence-electron chi connectivity index (χ1n) is 7.55. The van der Waals surface area contributed by atoms with Crippen molar-refractivity contribution in [2.45, 2.75) is 78.5 Å². The van der Waals surface area contributed by atoms with Crippen LogP contribution in [0, 0.1) is 0 Å². The topological polar surface area (TPSA) is 29.5 Å². The first-order valence-corrected chi connectivity index (χ1v) is 7.55. The monoisotopic (exact) mass is 277 g/mol. The van der Waals surface area contributed by atoms with Gasteiger partial charge in [0.05, 0.1) is 6.04 Å². The average Bonchev–Trinajstić information content (AvgIpc) is 2.57. The second-order valence-electron chi connectivity index (χ2n) is 7.21. The molecule has 0 aliphatic carbocycles. The molecule has 2 atom stereocenters. The van der Waals surface area contributed by atoms with E-state index in [4.69, 9.17) is 4.74 Å². The van der Waals surface area contributed by atoms with Crippen LogP contribution in [0.5, 0.6) is 0 Å². The standard InChI is InChI=1S/C17H27NO2/c1-11(2)12(3)13-9-14-7-8-15(10-13)18(14)16(19)20-17(4,5)6/h9,14-15H,7-8,10H2,1-6H3. The molecule has 1 fully saturated rings. The van der Waals surface area contributed by atoms with Gasteiger partial charge in [0.25, 0.3) is 0 Å². The highest BCUT2D eigenvalue weighted by molar-refractivity contribution is 5.70. The van der Waals surface area contributed by atoms with Gasteiger partial charge in [-0.15, -0.1) is 0 Å². The molecule has 2 aliphatic rings. The van der Waals surface area contributed by atoms with Crippen LogP contribution >= 0.6 is 0 Å². The zero-order valence-electron chi connectivity index (χ0n) is 13.6. The van der Waals surface area contributed by atoms with E-state index in [0.29, 0.717) is 6.04 Å². The second kappa shape index (κ2) is 5.27. The molecular formula is C17H27NO2. The first-order chi connectivity index (χ1) is 9.19. The molecular weight excluding hydrogens is 250 g/mol. The zero-order valence-corrected chi connectivity index (χ0v) is 13.6. The lowest BCUT2D eigenvalue weighted by Gasteiger charge is -2.35. The summed E-state index contributed by atoms with van der Waals surface area (Å²) in [7, 11) is 0. The lowest BCUT2D eigenvalue weighted by atomic mass is 9.93. The number of ether oxygens (including phenoxy) is 1. The number of hydrogen-bond donors (Lipinski definition) is 0. The Morgan fingerprint density at radius 3 is 2.40 bits per heavy atom. The molecule has 0 N–H and O–H groups in total. The average molecular weight is 277 g/mol. The van der Waals surface area contributed by atoms with Crippen molar-refractivity contribution in [2.75, 3.05) is 0 Å². The zero-order chi connectivity index (χ0) is 15.1. The smallest absolute Gasteiger partial charge is 0.411 e. The van der Waals surface area contributed by atoms with Gasteiger partial charge in [-0.25, -0.2) is 4.79 Å². The summed E-state index contributed by atoms with van der Waals surface area (Å²) in [6.45, 7) is 12.3. The largest absolute Gasteiger partial charge is 0.444 e. The van der Waals surface area contributed by atoms with Crippen LogP contribution in [0.1, 0.15) is 60.8 Å². The van der Waals surface area contributed by atoms with Crippen molar-refractivity contribution in [1.29, 1.82) is 0 Å². The Kier molecular flexibility index (Phi) is 3.99. The molecule has 1 amide bonds. The number of carbonyl (C=O) groups excluding carboxylic acids is 1. The molecule has 0 aromatic carbocycles. The van der Waals surface area contributed by atoms with Gasteiger partial charge in [0.2, 0.25) is 0 Å². The molecule has 2 heterocycles. The second-order valence-corrected chi connectivity index (χ2v) is 7.21. The van der Waals surface area contributed by atoms with E-state index in [2.05, 4.69) is 26.8 Å². The Morgan fingerprint density at radius 1 is 1.25 bits per heavy atom. The SMILES string of the molecule is CC(C)=C(C)C1=CC2CCC(C1)N2C(=O)OC(C)(C)C. The highest BCUT2D eigenvalue weighted by atomic mass is 16.6. The molecule has 112 valence electrons. The Hall–Kier alpha value is -1.25. The van der Waals surface area contributed by atoms with Gasteiger partial charge in [-0.1, -0.05) is 11.6 Å². The van der Waals surface area contributed by atoms with Crippen LogP contribution in [-0.2, 0) is 4.74 Å². The summed E-state index contributed by atoms with van der Waals surface area (Å²) in [6, 6.07) is 0.525. The number of carbonyl (C=O) groups is 1. The maximum absolute atomic E-state index is 12.3. The van der Waals surface area contributed by atoms with E-state index in [0.717, 1.165) is 19.3 Å². The van der Waals surface area contributed by atoms with Crippen molar-refractivity contribution in [1.82, 2.24) is 4.90 Å². The molecule has 3 nitrogen and oxygen atoms in total. The van der Waals surface area contributed by atoms with E-state index >= 15 is 0 Å². The molecule has 2 unspecified atom stereocenters. The molecule has 1 saturated heterocycles. The summed E-state index contributed by atoms with van der Waals surface area (Å²) in [6.07, 6.45) is 5.22. The van der Waals surface area contributed by atoms with Gasteiger partial charge in [0.1, 0.15) is 5.60 Å². The summed E-state index contributed by atoms with van der Waals surface area (Å²) in [5.74, 6) is 0. The van der Waals surface area contributed by atoms with Crippen LogP contribution < -0.4 is 0 Å². The number of rotatable bonds is 1. The molecule has 0 saturated carbocycles. The minimum Gasteiger partial charge on any atom is -0.444 e. The Balaban J connectivity index is 2.18. The fourth-order valence-electron chi connectivity index (χ4n) is 3.03. The van der Waals surface area contributed by atoms with Crippen molar-refractivity contribution in [3.8, 4) is 0 Å². The Bertz CT molecular complexity index is 464. The van der Waals surface area contributed by atoms with Crippen molar-refractivity contribution >= 4 is 6.09 Å². The number of hydrogen-bond acceptors (Lipinski definition) is 2. The summed E-state index contributed by atoms with van der Waals surface area (Å²) < 4.78 is 5.55. The minimum atomic E-state index is -0.420. The summed E-state index contributed by atoms with van der Waals surface area (Å²) in [5.41, 5.74) is 3.74. The van der Waals surface area contributed by atoms with Gasteiger partial charge < -0.3 is 4.74 Å². The molecule has 0 aromatic heterocycles. The van der Waals surface area contributed by atoms with Crippen LogP contribution in [0.3, 0.4) is 0 Å². The van der Waals surface area contributed by atoms with Gasteiger partial charge in [-0.05, 0) is 72.0 Å². The van der Waals surface area contributed by atoms with Gasteiger partial charge in [-0.3, -0.25) is 4.90 Å². The van der Waals surface area contributed by atoms with E-state index in [-0.39, 0.29) is 12.1 Å². The molecule has 2 bridgehead atoms. The van der Waals surface area contributed by atoms with Crippen LogP contribution in [0.25, 0.3) is 0 Å². The fraction of sp³-hybridized carbons (Fsp3) is 0.706. The third-order valence-electron chi connectivity index (χ3n) is 4.23. The number of fused-ring (bicyclic) bond motifs is 2. The van der Waals surface area contributed by atoms with E-state index in [1.165, 1.54) is 16.7 Å². The third-order valence-corrected chi connectivity index (χ3v) is 4.23. The molecule has 2 aliphatic heterocycles. The third kappa shape index (κ3) is 3.08. The van der Waals surface area contributed by atoms with Crippen LogP contribution in [0.4, 0.5) is 4.79 Å². The highest BCUT2D eigenvalue weighted by Crippen LogP contribution is 2.38. The number of allylic oxidation sites excluding steroid dienone is 2. The summed E-state index contributed by atoms with van der Waals surface area (Å²) in [5, 5.41) is 0. The molecule has 0 spiro atoms. The molecule has 20 heavy (non-hydrogen) atoms. The van der Waals surface area contributed by atoms with Crippen LogP contribution in [-0.4, -0.2) is 28.7 Å². The lowest BCUT2D eigenvalue weighted by Crippen LogP contribution is -2.45. The first kappa shape index (κ1) is 15.1. The minimum absolute atomic E-state index is 0.157. The Morgan fingerprint density at radius 2 is 1.90 bits per heavy atom. The maximum atomic E-state index is 12.3. The normalized spacial score (nSPS) is 25.3. The van der Waals surface area contributed by atoms with Crippen molar-refractivity contribution in [3.05, 3.63) is 22.8 Å². The van der Waals surface area contributed by atoms with Gasteiger partial charge in [0, 0.05) is 6.04 Å².